The summed E-state index contributed by atoms with van der Waals surface area (Å²) in [7, 11) is 0. The maximum Gasteiger partial charge on any atom is -0.0386 e. The standard InChI is InChI=1S/C21H44/c1-6-9-10-11-12-13-17-21(15-7-2)20(8-3)18-14-16-19(4)5/h19-21H,6-18H2,1-5H3. The van der Waals surface area contributed by atoms with Gasteiger partial charge in [0.05, 0.1) is 0 Å². The summed E-state index contributed by atoms with van der Waals surface area (Å²) in [4.78, 5) is 0. The minimum absolute atomic E-state index is 0.880. The fraction of sp³-hybridized carbons (Fsp3) is 1.00. The lowest BCUT2D eigenvalue weighted by atomic mass is 9.79. The van der Waals surface area contributed by atoms with Crippen LogP contribution in [0.25, 0.3) is 0 Å². The quantitative estimate of drug-likeness (QED) is 0.268. The van der Waals surface area contributed by atoms with Crippen molar-refractivity contribution in [3.63, 3.8) is 0 Å². The average molecular weight is 297 g/mol. The highest BCUT2D eigenvalue weighted by Crippen LogP contribution is 2.31. The molecule has 0 rings (SSSR count). The summed E-state index contributed by atoms with van der Waals surface area (Å²) >= 11 is 0. The summed E-state index contributed by atoms with van der Waals surface area (Å²) in [6, 6.07) is 0. The molecule has 2 unspecified atom stereocenters. The van der Waals surface area contributed by atoms with Crippen LogP contribution in [-0.4, -0.2) is 0 Å². The number of hydrogen-bond donors (Lipinski definition) is 0. The molecule has 0 aromatic carbocycles. The highest BCUT2D eigenvalue weighted by Gasteiger charge is 2.18. The predicted octanol–water partition coefficient (Wildman–Crippen LogP) is 8.01. The summed E-state index contributed by atoms with van der Waals surface area (Å²) in [5.41, 5.74) is 0. The van der Waals surface area contributed by atoms with Crippen LogP contribution in [0.15, 0.2) is 0 Å². The normalized spacial score (nSPS) is 14.6. The van der Waals surface area contributed by atoms with E-state index in [-0.39, 0.29) is 0 Å². The van der Waals surface area contributed by atoms with Crippen LogP contribution in [0.3, 0.4) is 0 Å². The first kappa shape index (κ1) is 21.0. The molecule has 0 aromatic rings. The lowest BCUT2D eigenvalue weighted by molar-refractivity contribution is 0.251. The summed E-state index contributed by atoms with van der Waals surface area (Å²) in [5.74, 6) is 2.89. The zero-order valence-electron chi connectivity index (χ0n) is 15.9. The van der Waals surface area contributed by atoms with Crippen molar-refractivity contribution in [1.29, 1.82) is 0 Å². The van der Waals surface area contributed by atoms with E-state index in [2.05, 4.69) is 34.6 Å². The van der Waals surface area contributed by atoms with E-state index in [0.717, 1.165) is 17.8 Å². The lowest BCUT2D eigenvalue weighted by Crippen LogP contribution is -2.15. The van der Waals surface area contributed by atoms with Crippen molar-refractivity contribution in [3.8, 4) is 0 Å². The lowest BCUT2D eigenvalue weighted by Gasteiger charge is -2.26. The molecule has 0 aliphatic rings. The largest absolute Gasteiger partial charge is 0.0654 e. The fourth-order valence-electron chi connectivity index (χ4n) is 3.73. The molecule has 0 N–H and O–H groups in total. The van der Waals surface area contributed by atoms with E-state index in [1.54, 1.807) is 0 Å². The molecule has 0 aliphatic heterocycles. The molecule has 0 bridgehead atoms. The maximum atomic E-state index is 2.42. The Morgan fingerprint density at radius 3 is 1.71 bits per heavy atom. The van der Waals surface area contributed by atoms with E-state index in [9.17, 15) is 0 Å². The molecule has 2 atom stereocenters. The Morgan fingerprint density at radius 2 is 1.14 bits per heavy atom. The topological polar surface area (TPSA) is 0 Å². The van der Waals surface area contributed by atoms with Crippen molar-refractivity contribution in [2.24, 2.45) is 17.8 Å². The number of unbranched alkanes of at least 4 members (excludes halogenated alkanes) is 5. The first-order chi connectivity index (χ1) is 10.2. The third-order valence-electron chi connectivity index (χ3n) is 5.14. The Labute approximate surface area is 136 Å². The smallest absolute Gasteiger partial charge is 0.0386 e. The van der Waals surface area contributed by atoms with Crippen molar-refractivity contribution in [1.82, 2.24) is 0 Å². The monoisotopic (exact) mass is 296 g/mol. The van der Waals surface area contributed by atoms with Gasteiger partial charge in [-0.3, -0.25) is 0 Å². The van der Waals surface area contributed by atoms with Crippen molar-refractivity contribution < 1.29 is 0 Å². The second-order valence-corrected chi connectivity index (χ2v) is 7.60. The molecule has 0 radical (unpaired) electrons. The van der Waals surface area contributed by atoms with Gasteiger partial charge in [0.1, 0.15) is 0 Å². The van der Waals surface area contributed by atoms with E-state index < -0.39 is 0 Å². The fourth-order valence-corrected chi connectivity index (χ4v) is 3.73. The molecule has 0 fully saturated rings. The SMILES string of the molecule is CCCCCCCCC(CCC)C(CC)CCCC(C)C. The van der Waals surface area contributed by atoms with Crippen molar-refractivity contribution in [2.75, 3.05) is 0 Å². The van der Waals surface area contributed by atoms with Crippen LogP contribution in [-0.2, 0) is 0 Å². The van der Waals surface area contributed by atoms with Crippen molar-refractivity contribution >= 4 is 0 Å². The second-order valence-electron chi connectivity index (χ2n) is 7.60. The van der Waals surface area contributed by atoms with Crippen LogP contribution in [0.4, 0.5) is 0 Å². The third kappa shape index (κ3) is 12.2. The maximum absolute atomic E-state index is 2.42. The summed E-state index contributed by atoms with van der Waals surface area (Å²) in [5, 5.41) is 0. The van der Waals surface area contributed by atoms with Gasteiger partial charge in [0.15, 0.2) is 0 Å². The molecule has 0 saturated heterocycles. The summed E-state index contributed by atoms with van der Waals surface area (Å²) < 4.78 is 0. The Bertz CT molecular complexity index is 194. The van der Waals surface area contributed by atoms with Gasteiger partial charge in [-0.1, -0.05) is 118 Å². The second kappa shape index (κ2) is 14.9. The molecular formula is C21H44. The van der Waals surface area contributed by atoms with Gasteiger partial charge in [-0.2, -0.15) is 0 Å². The van der Waals surface area contributed by atoms with Gasteiger partial charge in [0, 0.05) is 0 Å². The van der Waals surface area contributed by atoms with E-state index in [0.29, 0.717) is 0 Å². The predicted molar refractivity (Wildman–Crippen MR) is 98.9 cm³/mol. The van der Waals surface area contributed by atoms with Gasteiger partial charge in [-0.25, -0.2) is 0 Å². The zero-order chi connectivity index (χ0) is 15.9. The van der Waals surface area contributed by atoms with Crippen molar-refractivity contribution in [2.45, 2.75) is 118 Å². The molecule has 0 aliphatic carbocycles. The van der Waals surface area contributed by atoms with Crippen molar-refractivity contribution in [3.05, 3.63) is 0 Å². The van der Waals surface area contributed by atoms with Crippen LogP contribution in [0.1, 0.15) is 118 Å². The van der Waals surface area contributed by atoms with E-state index in [1.807, 2.05) is 0 Å². The molecule has 0 nitrogen and oxygen atoms in total. The Balaban J connectivity index is 3.97. The number of hydrogen-bond acceptors (Lipinski definition) is 0. The van der Waals surface area contributed by atoms with E-state index >= 15 is 0 Å². The molecular weight excluding hydrogens is 252 g/mol. The Kier molecular flexibility index (Phi) is 14.9. The first-order valence-electron chi connectivity index (χ1n) is 10.2. The van der Waals surface area contributed by atoms with Gasteiger partial charge in [0.25, 0.3) is 0 Å². The van der Waals surface area contributed by atoms with E-state index in [4.69, 9.17) is 0 Å². The van der Waals surface area contributed by atoms with Gasteiger partial charge in [-0.15, -0.1) is 0 Å². The minimum Gasteiger partial charge on any atom is -0.0654 e. The van der Waals surface area contributed by atoms with Crippen LogP contribution < -0.4 is 0 Å². The molecule has 0 saturated carbocycles. The molecule has 0 amide bonds. The molecule has 0 heterocycles. The molecule has 0 heteroatoms. The van der Waals surface area contributed by atoms with Gasteiger partial charge < -0.3 is 0 Å². The highest BCUT2D eigenvalue weighted by atomic mass is 14.2. The van der Waals surface area contributed by atoms with Crippen LogP contribution in [0, 0.1) is 17.8 Å². The highest BCUT2D eigenvalue weighted by molar-refractivity contribution is 4.70. The van der Waals surface area contributed by atoms with Gasteiger partial charge in [-0.05, 0) is 17.8 Å². The van der Waals surface area contributed by atoms with E-state index in [1.165, 1.54) is 83.5 Å². The molecule has 0 aromatic heterocycles. The first-order valence-corrected chi connectivity index (χ1v) is 10.2. The van der Waals surface area contributed by atoms with Gasteiger partial charge in [0.2, 0.25) is 0 Å². The van der Waals surface area contributed by atoms with Crippen LogP contribution >= 0.6 is 0 Å². The third-order valence-corrected chi connectivity index (χ3v) is 5.14. The Morgan fingerprint density at radius 1 is 0.524 bits per heavy atom. The zero-order valence-corrected chi connectivity index (χ0v) is 15.9. The Hall–Kier alpha value is 0. The molecule has 21 heavy (non-hydrogen) atoms. The molecule has 0 spiro atoms. The van der Waals surface area contributed by atoms with Gasteiger partial charge >= 0.3 is 0 Å². The summed E-state index contributed by atoms with van der Waals surface area (Å²) in [6.45, 7) is 11.8. The minimum atomic E-state index is 0.880. The number of rotatable bonds is 15. The van der Waals surface area contributed by atoms with Crippen LogP contribution in [0.2, 0.25) is 0 Å². The molecule has 128 valence electrons. The average Bonchev–Trinajstić information content (AvgIpc) is 2.46. The van der Waals surface area contributed by atoms with Crippen LogP contribution in [0.5, 0.6) is 0 Å². The summed E-state index contributed by atoms with van der Waals surface area (Å²) in [6.07, 6.45) is 18.8.